The molecule has 4 saturated heterocycles. The minimum Gasteiger partial charge on any atom is -0.481 e. The second kappa shape index (κ2) is 13.2. The van der Waals surface area contributed by atoms with Gasteiger partial charge in [0, 0.05) is 12.8 Å². The van der Waals surface area contributed by atoms with Gasteiger partial charge in [-0.25, -0.2) is 0 Å². The summed E-state index contributed by atoms with van der Waals surface area (Å²) < 4.78 is 32.8. The van der Waals surface area contributed by atoms with Gasteiger partial charge in [0.05, 0.1) is 67.5 Å². The van der Waals surface area contributed by atoms with Crippen molar-refractivity contribution >= 4 is 17.9 Å². The molecule has 0 aromatic heterocycles. The van der Waals surface area contributed by atoms with E-state index in [0.717, 1.165) is 83.5 Å². The molecule has 0 bridgehead atoms. The Balaban J connectivity index is 0.000000151. The Morgan fingerprint density at radius 1 is 0.591 bits per heavy atom. The summed E-state index contributed by atoms with van der Waals surface area (Å²) in [6, 6.07) is 0. The molecular formula is C34H50O10. The molecule has 8 aliphatic rings. The van der Waals surface area contributed by atoms with Gasteiger partial charge in [-0.15, -0.1) is 0 Å². The molecular weight excluding hydrogens is 568 g/mol. The highest BCUT2D eigenvalue weighted by atomic mass is 16.6. The average Bonchev–Trinajstić information content (AvgIpc) is 3.84. The van der Waals surface area contributed by atoms with E-state index in [1.165, 1.54) is 0 Å². The molecule has 0 spiro atoms. The number of rotatable bonds is 12. The van der Waals surface area contributed by atoms with Gasteiger partial charge in [0.15, 0.2) is 0 Å². The summed E-state index contributed by atoms with van der Waals surface area (Å²) in [4.78, 5) is 35.3. The first kappa shape index (κ1) is 30.9. The molecule has 0 radical (unpaired) electrons. The van der Waals surface area contributed by atoms with Crippen molar-refractivity contribution in [2.45, 2.75) is 158 Å². The van der Waals surface area contributed by atoms with Crippen molar-refractivity contribution in [1.29, 1.82) is 0 Å². The largest absolute Gasteiger partial charge is 0.481 e. The molecule has 0 amide bonds. The molecule has 4 aliphatic heterocycles. The lowest BCUT2D eigenvalue weighted by molar-refractivity contribution is -0.152. The predicted octanol–water partition coefficient (Wildman–Crippen LogP) is 4.73. The number of carboxylic acid groups (broad SMARTS) is 1. The van der Waals surface area contributed by atoms with Gasteiger partial charge in [-0.3, -0.25) is 14.4 Å². The average molecular weight is 619 g/mol. The zero-order valence-electron chi connectivity index (χ0n) is 25.9. The Morgan fingerprint density at radius 2 is 1.05 bits per heavy atom. The molecule has 1 N–H and O–H groups in total. The predicted molar refractivity (Wildman–Crippen MR) is 156 cm³/mol. The molecule has 12 unspecified atom stereocenters. The zero-order valence-corrected chi connectivity index (χ0v) is 25.9. The van der Waals surface area contributed by atoms with E-state index in [9.17, 15) is 19.5 Å². The van der Waals surface area contributed by atoms with Gasteiger partial charge in [-0.05, 0) is 114 Å². The van der Waals surface area contributed by atoms with Crippen LogP contribution in [0.2, 0.25) is 0 Å². The monoisotopic (exact) mass is 618 g/mol. The quantitative estimate of drug-likeness (QED) is 0.185. The van der Waals surface area contributed by atoms with Gasteiger partial charge >= 0.3 is 17.9 Å². The molecule has 0 aromatic rings. The third-order valence-corrected chi connectivity index (χ3v) is 11.6. The molecule has 4 heterocycles. The minimum atomic E-state index is -0.602. The lowest BCUT2D eigenvalue weighted by Crippen LogP contribution is -2.38. The number of hydrogen-bond acceptors (Lipinski definition) is 9. The maximum atomic E-state index is 11.8. The Labute approximate surface area is 260 Å². The first-order chi connectivity index (χ1) is 21.3. The number of unbranched alkanes of at least 4 members (excludes halogenated alkanes) is 1. The molecule has 246 valence electrons. The second-order valence-electron chi connectivity index (χ2n) is 15.0. The summed E-state index contributed by atoms with van der Waals surface area (Å²) in [5.41, 5.74) is -0.510. The highest BCUT2D eigenvalue weighted by Crippen LogP contribution is 2.52. The lowest BCUT2D eigenvalue weighted by atomic mass is 9.67. The van der Waals surface area contributed by atoms with Crippen LogP contribution < -0.4 is 0 Å². The number of epoxide rings is 4. The SMILES string of the molecule is O=C(CCCCC(=O)OCC1CCC2OC2C1)OCC1CCC2OC2C1.O=C(O)C1(CC2CCC3OC3C2)CCC2OC2C1. The maximum Gasteiger partial charge on any atom is 0.309 e. The van der Waals surface area contributed by atoms with E-state index in [1.807, 2.05) is 0 Å². The van der Waals surface area contributed by atoms with Gasteiger partial charge in [0.25, 0.3) is 0 Å². The third-order valence-electron chi connectivity index (χ3n) is 11.6. The van der Waals surface area contributed by atoms with E-state index in [0.29, 0.717) is 99.4 Å². The number of carbonyl (C=O) groups excluding carboxylic acids is 2. The third kappa shape index (κ3) is 7.96. The van der Waals surface area contributed by atoms with Crippen molar-refractivity contribution in [1.82, 2.24) is 0 Å². The number of esters is 2. The van der Waals surface area contributed by atoms with Crippen LogP contribution in [0.1, 0.15) is 109 Å². The van der Waals surface area contributed by atoms with E-state index >= 15 is 0 Å². The number of hydrogen-bond donors (Lipinski definition) is 1. The van der Waals surface area contributed by atoms with Gasteiger partial charge in [0.2, 0.25) is 0 Å². The molecule has 8 rings (SSSR count). The Kier molecular flexibility index (Phi) is 9.24. The fourth-order valence-corrected chi connectivity index (χ4v) is 8.59. The van der Waals surface area contributed by atoms with Crippen LogP contribution in [0.4, 0.5) is 0 Å². The molecule has 44 heavy (non-hydrogen) atoms. The summed E-state index contributed by atoms with van der Waals surface area (Å²) in [6.07, 6.45) is 18.6. The maximum absolute atomic E-state index is 11.8. The van der Waals surface area contributed by atoms with Crippen LogP contribution in [0, 0.1) is 23.2 Å². The van der Waals surface area contributed by atoms with E-state index in [2.05, 4.69) is 0 Å². The molecule has 4 saturated carbocycles. The molecule has 10 heteroatoms. The summed E-state index contributed by atoms with van der Waals surface area (Å²) in [7, 11) is 0. The highest BCUT2D eigenvalue weighted by molar-refractivity contribution is 5.75. The van der Waals surface area contributed by atoms with E-state index in [1.54, 1.807) is 0 Å². The van der Waals surface area contributed by atoms with Crippen LogP contribution in [0.15, 0.2) is 0 Å². The number of aliphatic carboxylic acids is 1. The van der Waals surface area contributed by atoms with Crippen molar-refractivity contribution in [3.8, 4) is 0 Å². The first-order valence-corrected chi connectivity index (χ1v) is 17.5. The summed E-state index contributed by atoms with van der Waals surface area (Å²) >= 11 is 0. The summed E-state index contributed by atoms with van der Waals surface area (Å²) in [5.74, 6) is 0.537. The highest BCUT2D eigenvalue weighted by Gasteiger charge is 2.55. The van der Waals surface area contributed by atoms with Crippen LogP contribution in [0.25, 0.3) is 0 Å². The molecule has 0 aromatic carbocycles. The Hall–Kier alpha value is -1.75. The van der Waals surface area contributed by atoms with Crippen molar-refractivity contribution in [2.75, 3.05) is 13.2 Å². The number of carboxylic acids is 1. The molecule has 8 fully saturated rings. The molecule has 12 atom stereocenters. The fourth-order valence-electron chi connectivity index (χ4n) is 8.59. The van der Waals surface area contributed by atoms with Crippen LogP contribution in [-0.4, -0.2) is 85.1 Å². The normalized spacial score (nSPS) is 43.8. The van der Waals surface area contributed by atoms with Crippen LogP contribution in [0.5, 0.6) is 0 Å². The van der Waals surface area contributed by atoms with E-state index in [4.69, 9.17) is 28.4 Å². The van der Waals surface area contributed by atoms with E-state index < -0.39 is 11.4 Å². The van der Waals surface area contributed by atoms with Crippen molar-refractivity contribution in [2.24, 2.45) is 23.2 Å². The smallest absolute Gasteiger partial charge is 0.309 e. The van der Waals surface area contributed by atoms with Crippen molar-refractivity contribution in [3.05, 3.63) is 0 Å². The van der Waals surface area contributed by atoms with Crippen molar-refractivity contribution in [3.63, 3.8) is 0 Å². The van der Waals surface area contributed by atoms with E-state index in [-0.39, 0.29) is 18.0 Å². The van der Waals surface area contributed by atoms with Gasteiger partial charge in [-0.1, -0.05) is 0 Å². The van der Waals surface area contributed by atoms with Gasteiger partial charge in [0.1, 0.15) is 0 Å². The van der Waals surface area contributed by atoms with Crippen LogP contribution >= 0.6 is 0 Å². The van der Waals surface area contributed by atoms with Crippen LogP contribution in [0.3, 0.4) is 0 Å². The van der Waals surface area contributed by atoms with Gasteiger partial charge in [-0.2, -0.15) is 0 Å². The van der Waals surface area contributed by atoms with Crippen molar-refractivity contribution < 1.29 is 47.9 Å². The molecule has 10 nitrogen and oxygen atoms in total. The Morgan fingerprint density at radius 3 is 1.52 bits per heavy atom. The zero-order chi connectivity index (χ0) is 30.3. The van der Waals surface area contributed by atoms with Crippen LogP contribution in [-0.2, 0) is 42.8 Å². The number of carbonyl (C=O) groups is 3. The topological polar surface area (TPSA) is 140 Å². The molecule has 4 aliphatic carbocycles. The summed E-state index contributed by atoms with van der Waals surface area (Å²) in [6.45, 7) is 1.03. The first-order valence-electron chi connectivity index (χ1n) is 17.5. The fraction of sp³-hybridized carbons (Fsp3) is 0.912. The standard InChI is InChI=1S/C20H30O6.C14H20O4/c21-19(23-11-13-5-7-15-17(9-13)25-15)3-1-2-4-20(22)24-12-14-6-8-16-18(10-14)26-16;15-13(16)14(4-3-10-12(7-14)18-10)6-8-1-2-9-11(5-8)17-9/h13-18H,1-12H2;8-12H,1-7H2,(H,15,16). The number of ether oxygens (including phenoxy) is 6. The Bertz CT molecular complexity index is 1020. The second-order valence-corrected chi connectivity index (χ2v) is 15.0. The summed E-state index contributed by atoms with van der Waals surface area (Å²) in [5, 5.41) is 9.65. The minimum absolute atomic E-state index is 0.154. The lowest BCUT2D eigenvalue weighted by Gasteiger charge is -2.35. The van der Waals surface area contributed by atoms with Gasteiger partial charge < -0.3 is 33.5 Å². The number of fused-ring (bicyclic) bond motifs is 4.